The summed E-state index contributed by atoms with van der Waals surface area (Å²) >= 11 is 6.59. The Bertz CT molecular complexity index is 2740. The Kier molecular flexibility index (Phi) is 10.2. The zero-order valence-electron chi connectivity index (χ0n) is 31.5. The van der Waals surface area contributed by atoms with Crippen LogP contribution in [0, 0.1) is 29.4 Å². The van der Waals surface area contributed by atoms with E-state index in [1.54, 1.807) is 6.07 Å². The van der Waals surface area contributed by atoms with Crippen molar-refractivity contribution >= 4 is 44.3 Å². The van der Waals surface area contributed by atoms with E-state index in [0.717, 1.165) is 18.4 Å². The van der Waals surface area contributed by atoms with E-state index in [2.05, 4.69) is 32.1 Å². The van der Waals surface area contributed by atoms with Gasteiger partial charge in [0.25, 0.3) is 5.92 Å². The summed E-state index contributed by atoms with van der Waals surface area (Å²) in [6.45, 7) is -0.946. The van der Waals surface area contributed by atoms with Gasteiger partial charge < -0.3 is 15.2 Å². The summed E-state index contributed by atoms with van der Waals surface area (Å²) in [5.74, 6) is -3.83. The number of aromatic nitrogens is 5. The molecular formula is C39H33ClF7N7O5S. The summed E-state index contributed by atoms with van der Waals surface area (Å²) in [5.41, 5.74) is -3.90. The average Bonchev–Trinajstić information content (AvgIpc) is 3.84. The summed E-state index contributed by atoms with van der Waals surface area (Å²) < 4.78 is 137. The Hall–Kier alpha value is -5.23. The van der Waals surface area contributed by atoms with E-state index in [1.807, 2.05) is 0 Å². The van der Waals surface area contributed by atoms with Gasteiger partial charge in [-0.15, -0.1) is 0 Å². The summed E-state index contributed by atoms with van der Waals surface area (Å²) in [5, 5.41) is 21.5. The van der Waals surface area contributed by atoms with Gasteiger partial charge in [-0.2, -0.15) is 32.1 Å². The zero-order valence-corrected chi connectivity index (χ0v) is 33.0. The molecule has 5 aromatic rings. The molecule has 1 amide bonds. The smallest absolute Gasteiger partial charge is 0.377 e. The molecular weight excluding hydrogens is 847 g/mol. The van der Waals surface area contributed by atoms with Crippen LogP contribution in [0.1, 0.15) is 65.1 Å². The lowest BCUT2D eigenvalue weighted by molar-refractivity contribution is -0.144. The molecule has 2 aromatic carbocycles. The molecule has 4 atom stereocenters. The number of aliphatic hydroxyl groups is 1. The number of nitrogens with zero attached hydrogens (tertiary/aromatic N) is 5. The number of nitrogens with one attached hydrogen (secondary N) is 2. The van der Waals surface area contributed by atoms with Crippen molar-refractivity contribution in [3.05, 3.63) is 93.0 Å². The van der Waals surface area contributed by atoms with Crippen molar-refractivity contribution in [3.8, 4) is 23.0 Å². The molecule has 316 valence electrons. The lowest BCUT2D eigenvalue weighted by Gasteiger charge is -2.34. The van der Waals surface area contributed by atoms with Crippen molar-refractivity contribution in [1.82, 2.24) is 29.9 Å². The number of aryl methyl sites for hydroxylation is 1. The first-order valence-electron chi connectivity index (χ1n) is 18.4. The normalized spacial score (nSPS) is 21.2. The molecule has 3 N–H and O–H groups in total. The third-order valence-corrected chi connectivity index (χ3v) is 11.7. The van der Waals surface area contributed by atoms with Crippen LogP contribution in [-0.4, -0.2) is 69.0 Å². The minimum Gasteiger partial charge on any atom is -0.377 e. The lowest BCUT2D eigenvalue weighted by Crippen LogP contribution is -2.36. The Morgan fingerprint density at radius 1 is 1.10 bits per heavy atom. The number of alkyl halides is 5. The van der Waals surface area contributed by atoms with Gasteiger partial charge in [-0.25, -0.2) is 22.2 Å². The fraction of sp³-hybridized carbons (Fsp3) is 0.385. The van der Waals surface area contributed by atoms with E-state index in [4.69, 9.17) is 21.3 Å². The standard InChI is InChI=1S/C39H33ClF7N7O5S/c1-53-33-24(6-8-27(40)31(33)36(51-53)52-60(2,57)58)23-4-3-22(9-10-37(56)11-12-59-18-37)48-32(23)28(15-19-13-20(41)16-21(42)14-19)49-29(55)17-54-35-30(34(50-54)39(45,46)47)25-5-7-26(25)38(35,43)44/h3-4,6,8,13-14,16,25-26,28,56H,5,7,11-12,15,17-18H2,1-2H3,(H,49,55)(H,51,52)/t25-,26+,28?,37?/m0/s1. The van der Waals surface area contributed by atoms with Crippen LogP contribution >= 0.6 is 11.6 Å². The molecule has 2 aliphatic carbocycles. The SMILES string of the molecule is Cn1nc(NS(C)(=O)=O)c2c(Cl)ccc(-c3ccc(C#CC4(O)CCOC4)nc3C(Cc3cc(F)cc(F)c3)NC(=O)Cn3nc(C(F)(F)F)c4c3C(F)(F)[C@@H]3CC[C@H]43)c21. The molecule has 1 aliphatic heterocycles. The van der Waals surface area contributed by atoms with Crippen LogP contribution in [0.2, 0.25) is 5.02 Å². The average molecular weight is 880 g/mol. The second-order valence-electron chi connectivity index (χ2n) is 15.2. The van der Waals surface area contributed by atoms with Crippen LogP contribution in [0.3, 0.4) is 0 Å². The van der Waals surface area contributed by atoms with E-state index in [-0.39, 0.29) is 76.7 Å². The fourth-order valence-electron chi connectivity index (χ4n) is 8.23. The molecule has 2 fully saturated rings. The maximum atomic E-state index is 15.7. The second kappa shape index (κ2) is 14.7. The third kappa shape index (κ3) is 7.67. The molecule has 8 rings (SSSR count). The number of fused-ring (bicyclic) bond motifs is 4. The Balaban J connectivity index is 1.28. The Morgan fingerprint density at radius 2 is 1.82 bits per heavy atom. The lowest BCUT2D eigenvalue weighted by atomic mass is 9.73. The Morgan fingerprint density at radius 3 is 2.45 bits per heavy atom. The number of benzene rings is 2. The zero-order chi connectivity index (χ0) is 43.1. The van der Waals surface area contributed by atoms with Crippen LogP contribution in [0.5, 0.6) is 0 Å². The largest absolute Gasteiger partial charge is 0.435 e. The van der Waals surface area contributed by atoms with Crippen molar-refractivity contribution in [2.24, 2.45) is 13.0 Å². The van der Waals surface area contributed by atoms with Gasteiger partial charge in [-0.1, -0.05) is 23.6 Å². The van der Waals surface area contributed by atoms with E-state index >= 15 is 8.78 Å². The van der Waals surface area contributed by atoms with Gasteiger partial charge in [-0.3, -0.25) is 18.9 Å². The summed E-state index contributed by atoms with van der Waals surface area (Å²) in [4.78, 5) is 18.8. The molecule has 0 radical (unpaired) electrons. The number of carbonyl (C=O) groups is 1. The predicted octanol–water partition coefficient (Wildman–Crippen LogP) is 6.36. The number of ether oxygens (including phenoxy) is 1. The number of hydrogen-bond acceptors (Lipinski definition) is 8. The van der Waals surface area contributed by atoms with Gasteiger partial charge in [0.05, 0.1) is 47.1 Å². The van der Waals surface area contributed by atoms with Crippen LogP contribution in [0.25, 0.3) is 22.0 Å². The van der Waals surface area contributed by atoms with Gasteiger partial charge in [0.1, 0.15) is 29.6 Å². The van der Waals surface area contributed by atoms with E-state index in [9.17, 15) is 40.3 Å². The van der Waals surface area contributed by atoms with Gasteiger partial charge in [-0.05, 0) is 67.0 Å². The number of amides is 1. The van der Waals surface area contributed by atoms with Crippen molar-refractivity contribution in [2.75, 3.05) is 24.2 Å². The molecule has 1 saturated heterocycles. The minimum atomic E-state index is -5.10. The van der Waals surface area contributed by atoms with Crippen molar-refractivity contribution in [3.63, 3.8) is 0 Å². The maximum absolute atomic E-state index is 15.7. The molecule has 21 heteroatoms. The molecule has 0 bridgehead atoms. The topological polar surface area (TPSA) is 153 Å². The quantitative estimate of drug-likeness (QED) is 0.114. The van der Waals surface area contributed by atoms with Gasteiger partial charge in [0, 0.05) is 42.1 Å². The molecule has 12 nitrogen and oxygen atoms in total. The highest BCUT2D eigenvalue weighted by molar-refractivity contribution is 7.92. The molecule has 3 aliphatic rings. The first-order chi connectivity index (χ1) is 28.1. The molecule has 0 spiro atoms. The number of halogens is 8. The predicted molar refractivity (Wildman–Crippen MR) is 202 cm³/mol. The van der Waals surface area contributed by atoms with Crippen molar-refractivity contribution < 1.29 is 53.8 Å². The molecule has 2 unspecified atom stereocenters. The van der Waals surface area contributed by atoms with E-state index in [1.165, 1.54) is 29.9 Å². The third-order valence-electron chi connectivity index (χ3n) is 10.9. The maximum Gasteiger partial charge on any atom is 0.435 e. The number of sulfonamides is 1. The monoisotopic (exact) mass is 879 g/mol. The summed E-state index contributed by atoms with van der Waals surface area (Å²) in [6, 6.07) is 7.16. The van der Waals surface area contributed by atoms with Crippen LogP contribution in [-0.2, 0) is 51.7 Å². The highest BCUT2D eigenvalue weighted by Gasteiger charge is 2.63. The molecule has 3 aromatic heterocycles. The molecule has 1 saturated carbocycles. The Labute approximate surface area is 342 Å². The van der Waals surface area contributed by atoms with E-state index < -0.39 is 93.1 Å². The van der Waals surface area contributed by atoms with Crippen molar-refractivity contribution in [1.29, 1.82) is 0 Å². The number of anilines is 1. The number of rotatable bonds is 9. The first-order valence-corrected chi connectivity index (χ1v) is 20.7. The molecule has 60 heavy (non-hydrogen) atoms. The van der Waals surface area contributed by atoms with Gasteiger partial charge >= 0.3 is 6.18 Å². The highest BCUT2D eigenvalue weighted by atomic mass is 35.5. The molecule has 4 heterocycles. The van der Waals surface area contributed by atoms with Gasteiger partial charge in [0.15, 0.2) is 17.1 Å². The van der Waals surface area contributed by atoms with Crippen LogP contribution in [0.15, 0.2) is 42.5 Å². The second-order valence-corrected chi connectivity index (χ2v) is 17.3. The van der Waals surface area contributed by atoms with Crippen molar-refractivity contribution in [2.45, 2.75) is 61.9 Å². The first kappa shape index (κ1) is 41.5. The summed E-state index contributed by atoms with van der Waals surface area (Å²) in [6.07, 6.45) is -4.32. The summed E-state index contributed by atoms with van der Waals surface area (Å²) in [7, 11) is -2.36. The van der Waals surface area contributed by atoms with Gasteiger partial charge in [0.2, 0.25) is 15.9 Å². The highest BCUT2D eigenvalue weighted by Crippen LogP contribution is 2.64. The number of carbonyl (C=O) groups excluding carboxylic acids is 1. The minimum absolute atomic E-state index is 0.0108. The van der Waals surface area contributed by atoms with Crippen LogP contribution in [0.4, 0.5) is 36.6 Å². The van der Waals surface area contributed by atoms with Crippen LogP contribution < -0.4 is 10.0 Å². The number of pyridine rings is 1. The number of hydrogen-bond donors (Lipinski definition) is 3. The van der Waals surface area contributed by atoms with E-state index in [0.29, 0.717) is 16.3 Å². The fourth-order valence-corrected chi connectivity index (χ4v) is 8.96.